The van der Waals surface area contributed by atoms with Crippen molar-refractivity contribution in [3.05, 3.63) is 24.3 Å². The fourth-order valence-corrected chi connectivity index (χ4v) is 2.20. The predicted octanol–water partition coefficient (Wildman–Crippen LogP) is 6.15. The van der Waals surface area contributed by atoms with Gasteiger partial charge in [-0.15, -0.1) is 0 Å². The second-order valence-electron chi connectivity index (χ2n) is 6.69. The molecule has 4 atom stereocenters. The van der Waals surface area contributed by atoms with Crippen molar-refractivity contribution in [2.75, 3.05) is 13.2 Å². The molecule has 194 valence electrons. The Bertz CT molecular complexity index is 772. The summed E-state index contributed by atoms with van der Waals surface area (Å²) in [5.74, 6) is -19.0. The van der Waals surface area contributed by atoms with E-state index in [1.165, 1.54) is 0 Å². The minimum absolute atomic E-state index is 0.0277. The van der Waals surface area contributed by atoms with Crippen LogP contribution in [0.2, 0.25) is 0 Å². The van der Waals surface area contributed by atoms with E-state index in [0.29, 0.717) is 0 Å². The van der Waals surface area contributed by atoms with Crippen molar-refractivity contribution in [1.82, 2.24) is 0 Å². The first-order valence-electron chi connectivity index (χ1n) is 8.06. The lowest BCUT2D eigenvalue weighted by atomic mass is 10.1. The fourth-order valence-electron chi connectivity index (χ4n) is 2.20. The van der Waals surface area contributed by atoms with Crippen LogP contribution in [-0.4, -0.2) is 54.8 Å². The van der Waals surface area contributed by atoms with Crippen LogP contribution in [0.4, 0.5) is 61.5 Å². The lowest BCUT2D eigenvalue weighted by Crippen LogP contribution is -2.50. The Morgan fingerprint density at radius 2 is 1.12 bits per heavy atom. The maximum atomic E-state index is 13.2. The normalized spacial score (nSPS) is 35.0. The van der Waals surface area contributed by atoms with E-state index in [0.717, 1.165) is 6.92 Å². The monoisotopic (exact) mass is 522 g/mol. The molecule has 4 nitrogen and oxygen atoms in total. The third-order valence-electron chi connectivity index (χ3n) is 3.91. The van der Waals surface area contributed by atoms with Crippen molar-refractivity contribution in [3.8, 4) is 0 Å². The molecule has 0 bridgehead atoms. The molecule has 2 saturated heterocycles. The second-order valence-corrected chi connectivity index (χ2v) is 6.69. The lowest BCUT2D eigenvalue weighted by molar-refractivity contribution is -0.359. The molecule has 0 spiro atoms. The Morgan fingerprint density at radius 3 is 1.45 bits per heavy atom. The number of halogens is 14. The van der Waals surface area contributed by atoms with E-state index in [2.05, 4.69) is 18.9 Å². The van der Waals surface area contributed by atoms with Crippen LogP contribution >= 0.6 is 0 Å². The number of hydrogen-bond donors (Lipinski definition) is 0. The summed E-state index contributed by atoms with van der Waals surface area (Å²) in [7, 11) is 0. The van der Waals surface area contributed by atoms with Gasteiger partial charge in [-0.25, -0.2) is 0 Å². The van der Waals surface area contributed by atoms with Crippen LogP contribution in [0.5, 0.6) is 0 Å². The largest absolute Gasteiger partial charge is 0.450 e. The van der Waals surface area contributed by atoms with Crippen molar-refractivity contribution in [2.45, 2.75) is 55.4 Å². The van der Waals surface area contributed by atoms with Crippen molar-refractivity contribution >= 4 is 0 Å². The van der Waals surface area contributed by atoms with Crippen LogP contribution in [0.15, 0.2) is 24.3 Å². The third-order valence-corrected chi connectivity index (χ3v) is 3.91. The number of rotatable bonds is 3. The second kappa shape index (κ2) is 8.84. The summed E-state index contributed by atoms with van der Waals surface area (Å²) in [6.07, 6.45) is -17.1. The Balaban J connectivity index is 0.000000335. The molecular formula is C15H12F14O4. The average molecular weight is 522 g/mol. The third kappa shape index (κ3) is 6.48. The molecule has 2 fully saturated rings. The lowest BCUT2D eigenvalue weighted by Gasteiger charge is -2.31. The highest BCUT2D eigenvalue weighted by Gasteiger charge is 2.71. The van der Waals surface area contributed by atoms with Gasteiger partial charge in [0.25, 0.3) is 12.2 Å². The Kier molecular flexibility index (Phi) is 7.87. The summed E-state index contributed by atoms with van der Waals surface area (Å²) in [6.45, 7) is -2.35. The standard InChI is InChI=1S/C8H6F8O2.C7H6F6O2/c1-5(6(11,12)2-4(9)10)17-3-7(13,18-5)8(14,15)16;1-5(2-4(8)9)14-3-6(10,15-5)7(11,12)13/h2H,3H2,1H3;2H,3H2,1H3. The minimum Gasteiger partial charge on any atom is -0.340 e. The predicted molar refractivity (Wildman–Crippen MR) is 76.2 cm³/mol. The molecule has 0 aliphatic carbocycles. The van der Waals surface area contributed by atoms with Crippen LogP contribution in [-0.2, 0) is 18.9 Å². The first-order valence-corrected chi connectivity index (χ1v) is 8.06. The van der Waals surface area contributed by atoms with Crippen LogP contribution in [0.1, 0.15) is 13.8 Å². The van der Waals surface area contributed by atoms with E-state index >= 15 is 0 Å². The van der Waals surface area contributed by atoms with Crippen LogP contribution in [0, 0.1) is 0 Å². The molecule has 0 radical (unpaired) electrons. The summed E-state index contributed by atoms with van der Waals surface area (Å²) in [5.41, 5.74) is 0. The van der Waals surface area contributed by atoms with Gasteiger partial charge in [0.05, 0.1) is 6.08 Å². The van der Waals surface area contributed by atoms with Gasteiger partial charge in [0, 0.05) is 6.08 Å². The molecule has 2 aliphatic heterocycles. The molecule has 0 saturated carbocycles. The van der Waals surface area contributed by atoms with E-state index in [1.807, 2.05) is 0 Å². The molecule has 0 aromatic carbocycles. The Morgan fingerprint density at radius 1 is 0.697 bits per heavy atom. The summed E-state index contributed by atoms with van der Waals surface area (Å²) >= 11 is 0. The SMILES string of the molecule is CC1(C(F)(F)C=C(F)F)OCC(F)(C(F)(F)F)O1.CC1(C=C(F)F)OCC(F)(C(F)(F)F)O1. The molecule has 33 heavy (non-hydrogen) atoms. The van der Waals surface area contributed by atoms with Gasteiger partial charge < -0.3 is 14.2 Å². The summed E-state index contributed by atoms with van der Waals surface area (Å²) in [6, 6.07) is 0. The van der Waals surface area contributed by atoms with Crippen molar-refractivity contribution < 1.29 is 80.4 Å². The number of alkyl halides is 10. The van der Waals surface area contributed by atoms with E-state index < -0.39 is 73.0 Å². The van der Waals surface area contributed by atoms with Gasteiger partial charge >= 0.3 is 30.0 Å². The topological polar surface area (TPSA) is 36.9 Å². The molecule has 0 N–H and O–H groups in total. The van der Waals surface area contributed by atoms with E-state index in [9.17, 15) is 61.5 Å². The van der Waals surface area contributed by atoms with Gasteiger partial charge in [-0.2, -0.15) is 61.5 Å². The number of ether oxygens (including phenoxy) is 4. The molecule has 2 aliphatic rings. The van der Waals surface area contributed by atoms with Crippen molar-refractivity contribution in [3.63, 3.8) is 0 Å². The molecule has 0 amide bonds. The highest BCUT2D eigenvalue weighted by atomic mass is 19.4. The minimum atomic E-state index is -5.63. The summed E-state index contributed by atoms with van der Waals surface area (Å²) in [4.78, 5) is 0. The van der Waals surface area contributed by atoms with Crippen LogP contribution in [0.3, 0.4) is 0 Å². The zero-order valence-electron chi connectivity index (χ0n) is 16.0. The van der Waals surface area contributed by atoms with Crippen LogP contribution < -0.4 is 0 Å². The smallest absolute Gasteiger partial charge is 0.340 e. The Hall–Kier alpha value is -1.66. The van der Waals surface area contributed by atoms with Crippen molar-refractivity contribution in [1.29, 1.82) is 0 Å². The highest BCUT2D eigenvalue weighted by molar-refractivity contribution is 5.06. The first kappa shape index (κ1) is 29.4. The fraction of sp³-hybridized carbons (Fsp3) is 0.733. The molecule has 4 unspecified atom stereocenters. The molecule has 18 heteroatoms. The highest BCUT2D eigenvalue weighted by Crippen LogP contribution is 2.49. The molecule has 2 heterocycles. The Labute approximate surface area is 174 Å². The quantitative estimate of drug-likeness (QED) is 0.417. The van der Waals surface area contributed by atoms with Gasteiger partial charge in [0.2, 0.25) is 5.79 Å². The molecule has 2 rings (SSSR count). The number of hydrogen-bond acceptors (Lipinski definition) is 4. The first-order chi connectivity index (χ1) is 14.4. The zero-order chi connectivity index (χ0) is 26.3. The van der Waals surface area contributed by atoms with Crippen LogP contribution in [0.25, 0.3) is 0 Å². The van der Waals surface area contributed by atoms with Crippen molar-refractivity contribution in [2.24, 2.45) is 0 Å². The summed E-state index contributed by atoms with van der Waals surface area (Å²) in [5, 5.41) is 0. The molecule has 0 aromatic heterocycles. The van der Waals surface area contributed by atoms with E-state index in [1.54, 1.807) is 0 Å². The molecule has 0 aromatic rings. The molecular weight excluding hydrogens is 510 g/mol. The van der Waals surface area contributed by atoms with Gasteiger partial charge in [0.15, 0.2) is 5.79 Å². The maximum Gasteiger partial charge on any atom is 0.450 e. The van der Waals surface area contributed by atoms with E-state index in [-0.39, 0.29) is 13.0 Å². The van der Waals surface area contributed by atoms with E-state index in [4.69, 9.17) is 0 Å². The van der Waals surface area contributed by atoms with Gasteiger partial charge in [-0.1, -0.05) is 0 Å². The average Bonchev–Trinajstić information content (AvgIpc) is 3.04. The maximum absolute atomic E-state index is 13.2. The van der Waals surface area contributed by atoms with Gasteiger partial charge in [-0.3, -0.25) is 4.74 Å². The zero-order valence-corrected chi connectivity index (χ0v) is 16.0. The summed E-state index contributed by atoms with van der Waals surface area (Å²) < 4.78 is 188. The van der Waals surface area contributed by atoms with Gasteiger partial charge in [0.1, 0.15) is 13.2 Å². The van der Waals surface area contributed by atoms with Gasteiger partial charge in [-0.05, 0) is 13.8 Å².